The van der Waals surface area contributed by atoms with Crippen LogP contribution in [0.1, 0.15) is 12.5 Å². The summed E-state index contributed by atoms with van der Waals surface area (Å²) >= 11 is 0. The zero-order valence-electron chi connectivity index (χ0n) is 12.6. The van der Waals surface area contributed by atoms with Crippen molar-refractivity contribution in [3.8, 4) is 11.1 Å². The van der Waals surface area contributed by atoms with Gasteiger partial charge >= 0.3 is 0 Å². The molecule has 22 heavy (non-hydrogen) atoms. The number of pyridine rings is 2. The fraction of sp³-hybridized carbons (Fsp3) is 0.158. The maximum atomic E-state index is 12.8. The molecule has 110 valence electrons. The van der Waals surface area contributed by atoms with Crippen molar-refractivity contribution in [2.24, 2.45) is 0 Å². The Morgan fingerprint density at radius 1 is 1.23 bits per heavy atom. The number of hydrogen-bond acceptors (Lipinski definition) is 2. The molecule has 0 spiro atoms. The smallest absolute Gasteiger partial charge is 0.260 e. The van der Waals surface area contributed by atoms with Gasteiger partial charge in [-0.15, -0.1) is 6.58 Å². The molecule has 3 nitrogen and oxygen atoms in total. The van der Waals surface area contributed by atoms with Gasteiger partial charge in [0.1, 0.15) is 5.65 Å². The first-order valence-corrected chi connectivity index (χ1v) is 7.43. The second kappa shape index (κ2) is 5.98. The molecule has 0 unspecified atom stereocenters. The van der Waals surface area contributed by atoms with Gasteiger partial charge in [0.05, 0.1) is 0 Å². The van der Waals surface area contributed by atoms with Crippen LogP contribution in [0.4, 0.5) is 0 Å². The zero-order chi connectivity index (χ0) is 15.5. The Balaban J connectivity index is 2.32. The number of aryl methyl sites for hydroxylation is 1. The monoisotopic (exact) mass is 290 g/mol. The van der Waals surface area contributed by atoms with Crippen molar-refractivity contribution in [2.45, 2.75) is 19.9 Å². The fourth-order valence-corrected chi connectivity index (χ4v) is 2.67. The van der Waals surface area contributed by atoms with Gasteiger partial charge in [0, 0.05) is 23.7 Å². The molecular formula is C19H18N2O. The van der Waals surface area contributed by atoms with Gasteiger partial charge in [-0.05, 0) is 35.7 Å². The molecule has 1 aromatic carbocycles. The Morgan fingerprint density at radius 3 is 2.86 bits per heavy atom. The first-order valence-electron chi connectivity index (χ1n) is 7.43. The average molecular weight is 290 g/mol. The van der Waals surface area contributed by atoms with E-state index in [9.17, 15) is 4.79 Å². The Labute approximate surface area is 129 Å². The fourth-order valence-electron chi connectivity index (χ4n) is 2.67. The maximum absolute atomic E-state index is 12.8. The minimum atomic E-state index is -0.0284. The molecule has 3 aromatic rings. The molecule has 0 N–H and O–H groups in total. The number of fused-ring (bicyclic) bond motifs is 1. The van der Waals surface area contributed by atoms with Crippen LogP contribution in [0.25, 0.3) is 22.2 Å². The van der Waals surface area contributed by atoms with Crippen LogP contribution in [0.3, 0.4) is 0 Å². The highest BCUT2D eigenvalue weighted by Crippen LogP contribution is 2.21. The standard InChI is InChI=1S/C19H18N2O/c1-3-11-21-18-16(9-6-10-20-18)13-17(19(21)22)15-8-5-7-14(4-2)12-15/h3,5-10,12-13H,1,4,11H2,2H3. The number of hydrogen-bond donors (Lipinski definition) is 0. The van der Waals surface area contributed by atoms with Gasteiger partial charge in [-0.2, -0.15) is 0 Å². The molecule has 3 heteroatoms. The summed E-state index contributed by atoms with van der Waals surface area (Å²) in [6.07, 6.45) is 4.38. The predicted molar refractivity (Wildman–Crippen MR) is 91.0 cm³/mol. The summed E-state index contributed by atoms with van der Waals surface area (Å²) < 4.78 is 1.68. The number of benzene rings is 1. The third-order valence-corrected chi connectivity index (χ3v) is 3.81. The van der Waals surface area contributed by atoms with E-state index in [2.05, 4.69) is 30.6 Å². The largest absolute Gasteiger partial charge is 0.288 e. The maximum Gasteiger partial charge on any atom is 0.260 e. The van der Waals surface area contributed by atoms with Crippen molar-refractivity contribution < 1.29 is 0 Å². The van der Waals surface area contributed by atoms with E-state index in [4.69, 9.17) is 0 Å². The first-order chi connectivity index (χ1) is 10.7. The Kier molecular flexibility index (Phi) is 3.88. The number of allylic oxidation sites excluding steroid dienone is 1. The second-order valence-corrected chi connectivity index (χ2v) is 5.23. The van der Waals surface area contributed by atoms with Gasteiger partial charge in [-0.1, -0.05) is 37.3 Å². The third kappa shape index (κ3) is 2.46. The van der Waals surface area contributed by atoms with Gasteiger partial charge in [0.2, 0.25) is 0 Å². The molecule has 0 amide bonds. The highest BCUT2D eigenvalue weighted by molar-refractivity contribution is 5.81. The first kappa shape index (κ1) is 14.3. The van der Waals surface area contributed by atoms with Gasteiger partial charge in [-0.25, -0.2) is 4.98 Å². The van der Waals surface area contributed by atoms with E-state index in [1.807, 2.05) is 30.3 Å². The SMILES string of the molecule is C=CCn1c(=O)c(-c2cccc(CC)c2)cc2cccnc21. The molecule has 0 fully saturated rings. The van der Waals surface area contributed by atoms with E-state index in [-0.39, 0.29) is 5.56 Å². The quantitative estimate of drug-likeness (QED) is 0.685. The van der Waals surface area contributed by atoms with E-state index < -0.39 is 0 Å². The van der Waals surface area contributed by atoms with Gasteiger partial charge in [0.25, 0.3) is 5.56 Å². The van der Waals surface area contributed by atoms with Crippen LogP contribution >= 0.6 is 0 Å². The molecule has 0 aliphatic heterocycles. The second-order valence-electron chi connectivity index (χ2n) is 5.23. The number of nitrogens with zero attached hydrogens (tertiary/aromatic N) is 2. The van der Waals surface area contributed by atoms with E-state index in [1.165, 1.54) is 5.56 Å². The zero-order valence-corrected chi connectivity index (χ0v) is 12.6. The summed E-state index contributed by atoms with van der Waals surface area (Å²) in [7, 11) is 0. The molecule has 3 rings (SSSR count). The minimum Gasteiger partial charge on any atom is -0.288 e. The minimum absolute atomic E-state index is 0.0284. The van der Waals surface area contributed by atoms with Crippen LogP contribution in [0, 0.1) is 0 Å². The van der Waals surface area contributed by atoms with Gasteiger partial charge in [-0.3, -0.25) is 9.36 Å². The predicted octanol–water partition coefficient (Wildman–Crippen LogP) is 3.81. The normalized spacial score (nSPS) is 10.8. The lowest BCUT2D eigenvalue weighted by Gasteiger charge is -2.11. The van der Waals surface area contributed by atoms with Crippen LogP contribution in [0.2, 0.25) is 0 Å². The molecule has 0 radical (unpaired) electrons. The van der Waals surface area contributed by atoms with Crippen molar-refractivity contribution in [3.05, 3.63) is 77.2 Å². The molecule has 0 bridgehead atoms. The Hall–Kier alpha value is -2.68. The molecule has 0 aliphatic rings. The van der Waals surface area contributed by atoms with E-state index in [0.29, 0.717) is 17.8 Å². The molecule has 0 aliphatic carbocycles. The van der Waals surface area contributed by atoms with Gasteiger partial charge < -0.3 is 0 Å². The number of aromatic nitrogens is 2. The van der Waals surface area contributed by atoms with E-state index in [1.54, 1.807) is 16.8 Å². The summed E-state index contributed by atoms with van der Waals surface area (Å²) in [5.74, 6) is 0. The van der Waals surface area contributed by atoms with Crippen molar-refractivity contribution >= 4 is 11.0 Å². The molecule has 0 saturated carbocycles. The lowest BCUT2D eigenvalue weighted by Crippen LogP contribution is -2.22. The van der Waals surface area contributed by atoms with Crippen LogP contribution in [-0.2, 0) is 13.0 Å². The topological polar surface area (TPSA) is 34.9 Å². The highest BCUT2D eigenvalue weighted by Gasteiger charge is 2.11. The van der Waals surface area contributed by atoms with E-state index >= 15 is 0 Å². The molecule has 0 saturated heterocycles. The van der Waals surface area contributed by atoms with Crippen LogP contribution in [0.15, 0.2) is 66.1 Å². The van der Waals surface area contributed by atoms with E-state index in [0.717, 1.165) is 17.4 Å². The van der Waals surface area contributed by atoms with Crippen LogP contribution in [0.5, 0.6) is 0 Å². The summed E-state index contributed by atoms with van der Waals surface area (Å²) in [6.45, 7) is 6.31. The average Bonchev–Trinajstić information content (AvgIpc) is 2.57. The molecule has 0 atom stereocenters. The van der Waals surface area contributed by atoms with Gasteiger partial charge in [0.15, 0.2) is 0 Å². The molecule has 2 aromatic heterocycles. The number of rotatable bonds is 4. The molecule has 2 heterocycles. The Bertz CT molecular complexity index is 893. The van der Waals surface area contributed by atoms with Crippen LogP contribution < -0.4 is 5.56 Å². The summed E-state index contributed by atoms with van der Waals surface area (Å²) in [5, 5.41) is 0.959. The van der Waals surface area contributed by atoms with Crippen molar-refractivity contribution in [3.63, 3.8) is 0 Å². The highest BCUT2D eigenvalue weighted by atomic mass is 16.1. The summed E-state index contributed by atoms with van der Waals surface area (Å²) in [4.78, 5) is 17.2. The lowest BCUT2D eigenvalue weighted by atomic mass is 10.0. The molecular weight excluding hydrogens is 272 g/mol. The third-order valence-electron chi connectivity index (χ3n) is 3.81. The lowest BCUT2D eigenvalue weighted by molar-refractivity contribution is 0.807. The summed E-state index contributed by atoms with van der Waals surface area (Å²) in [5.41, 5.74) is 3.55. The van der Waals surface area contributed by atoms with Crippen LogP contribution in [-0.4, -0.2) is 9.55 Å². The summed E-state index contributed by atoms with van der Waals surface area (Å²) in [6, 6.07) is 13.9. The van der Waals surface area contributed by atoms with Crippen molar-refractivity contribution in [1.29, 1.82) is 0 Å². The van der Waals surface area contributed by atoms with Crippen molar-refractivity contribution in [1.82, 2.24) is 9.55 Å². The van der Waals surface area contributed by atoms with Crippen molar-refractivity contribution in [2.75, 3.05) is 0 Å². The Morgan fingerprint density at radius 2 is 2.09 bits per heavy atom.